The van der Waals surface area contributed by atoms with Crippen LogP contribution in [0.4, 0.5) is 21.6 Å². The highest BCUT2D eigenvalue weighted by Gasteiger charge is 2.10. The lowest BCUT2D eigenvalue weighted by molar-refractivity contribution is 0.102. The van der Waals surface area contributed by atoms with E-state index < -0.39 is 0 Å². The molecule has 1 amide bonds. The molecule has 2 N–H and O–H groups in total. The summed E-state index contributed by atoms with van der Waals surface area (Å²) in [7, 11) is 0. The van der Waals surface area contributed by atoms with Crippen molar-refractivity contribution in [2.24, 2.45) is 0 Å². The lowest BCUT2D eigenvalue weighted by Gasteiger charge is -2.09. The molecule has 2 aromatic carbocycles. The maximum atomic E-state index is 13.2. The van der Waals surface area contributed by atoms with Gasteiger partial charge < -0.3 is 10.6 Å². The van der Waals surface area contributed by atoms with Gasteiger partial charge in [-0.1, -0.05) is 17.7 Å². The van der Waals surface area contributed by atoms with Gasteiger partial charge >= 0.3 is 0 Å². The smallest absolute Gasteiger partial charge is 0.275 e. The lowest BCUT2D eigenvalue weighted by atomic mass is 10.2. The Labute approximate surface area is 148 Å². The first kappa shape index (κ1) is 16.9. The molecule has 25 heavy (non-hydrogen) atoms. The monoisotopic (exact) mass is 356 g/mol. The first-order valence-electron chi connectivity index (χ1n) is 7.43. The van der Waals surface area contributed by atoms with Crippen LogP contribution in [0, 0.1) is 12.7 Å². The number of carbonyl (C=O) groups is 1. The molecule has 0 unspecified atom stereocenters. The van der Waals surface area contributed by atoms with E-state index in [-0.39, 0.29) is 17.4 Å². The molecular formula is C18H14ClFN4O. The molecule has 0 radical (unpaired) electrons. The number of rotatable bonds is 4. The zero-order valence-electron chi connectivity index (χ0n) is 13.3. The normalized spacial score (nSPS) is 10.4. The number of halogens is 2. The van der Waals surface area contributed by atoms with Crippen LogP contribution >= 0.6 is 11.6 Å². The summed E-state index contributed by atoms with van der Waals surface area (Å²) in [5, 5.41) is 6.28. The highest BCUT2D eigenvalue weighted by molar-refractivity contribution is 6.30. The van der Waals surface area contributed by atoms with Gasteiger partial charge in [-0.05, 0) is 48.9 Å². The third kappa shape index (κ3) is 4.30. The maximum absolute atomic E-state index is 13.2. The SMILES string of the molecule is Cc1cc(Cl)ccc1NC(=O)c1cnc(Nc2cccc(F)c2)cn1. The van der Waals surface area contributed by atoms with Crippen molar-refractivity contribution in [3.8, 4) is 0 Å². The van der Waals surface area contributed by atoms with Crippen molar-refractivity contribution in [2.75, 3.05) is 10.6 Å². The number of aromatic nitrogens is 2. The standard InChI is InChI=1S/C18H14ClFN4O/c1-11-7-12(19)5-6-15(11)24-18(25)16-9-22-17(10-21-16)23-14-4-2-3-13(20)8-14/h2-10H,1H3,(H,22,23)(H,24,25). The van der Waals surface area contributed by atoms with Crippen molar-refractivity contribution in [3.05, 3.63) is 77.0 Å². The molecule has 3 rings (SSSR count). The summed E-state index contributed by atoms with van der Waals surface area (Å²) in [5.74, 6) is -0.327. The summed E-state index contributed by atoms with van der Waals surface area (Å²) in [6, 6.07) is 11.2. The molecule has 1 aromatic heterocycles. The second-order valence-corrected chi connectivity index (χ2v) is 5.77. The number of anilines is 3. The van der Waals surface area contributed by atoms with E-state index in [0.29, 0.717) is 22.2 Å². The summed E-state index contributed by atoms with van der Waals surface area (Å²) in [5.41, 5.74) is 2.21. The highest BCUT2D eigenvalue weighted by atomic mass is 35.5. The summed E-state index contributed by atoms with van der Waals surface area (Å²) in [6.07, 6.45) is 2.76. The Bertz CT molecular complexity index is 915. The Balaban J connectivity index is 1.70. The molecule has 0 aliphatic carbocycles. The number of nitrogens with one attached hydrogen (secondary N) is 2. The molecule has 5 nitrogen and oxygen atoms in total. The van der Waals surface area contributed by atoms with Crippen molar-refractivity contribution in [3.63, 3.8) is 0 Å². The van der Waals surface area contributed by atoms with Gasteiger partial charge in [-0.3, -0.25) is 4.79 Å². The minimum atomic E-state index is -0.379. The van der Waals surface area contributed by atoms with Gasteiger partial charge in [0, 0.05) is 16.4 Å². The van der Waals surface area contributed by atoms with Gasteiger partial charge in [-0.2, -0.15) is 0 Å². The Kier molecular flexibility index (Phi) is 4.90. The van der Waals surface area contributed by atoms with Crippen molar-refractivity contribution in [2.45, 2.75) is 6.92 Å². The summed E-state index contributed by atoms with van der Waals surface area (Å²) in [6.45, 7) is 1.85. The largest absolute Gasteiger partial charge is 0.339 e. The van der Waals surface area contributed by atoms with E-state index in [1.54, 1.807) is 30.3 Å². The van der Waals surface area contributed by atoms with Gasteiger partial charge in [0.1, 0.15) is 17.3 Å². The van der Waals surface area contributed by atoms with Crippen molar-refractivity contribution < 1.29 is 9.18 Å². The predicted molar refractivity (Wildman–Crippen MR) is 95.9 cm³/mol. The van der Waals surface area contributed by atoms with Crippen LogP contribution in [0.25, 0.3) is 0 Å². The van der Waals surface area contributed by atoms with Crippen molar-refractivity contribution in [1.29, 1.82) is 0 Å². The zero-order valence-corrected chi connectivity index (χ0v) is 14.0. The van der Waals surface area contributed by atoms with E-state index in [0.717, 1.165) is 5.56 Å². The second-order valence-electron chi connectivity index (χ2n) is 5.34. The van der Waals surface area contributed by atoms with E-state index in [9.17, 15) is 9.18 Å². The number of carbonyl (C=O) groups excluding carboxylic acids is 1. The average Bonchev–Trinajstić information content (AvgIpc) is 2.58. The molecule has 0 saturated carbocycles. The average molecular weight is 357 g/mol. The van der Waals surface area contributed by atoms with E-state index in [1.807, 2.05) is 6.92 Å². The van der Waals surface area contributed by atoms with Crippen LogP contribution in [0.2, 0.25) is 5.02 Å². The zero-order chi connectivity index (χ0) is 17.8. The fourth-order valence-electron chi connectivity index (χ4n) is 2.18. The van der Waals surface area contributed by atoms with Crippen LogP contribution in [0.5, 0.6) is 0 Å². The Hall–Kier alpha value is -2.99. The first-order chi connectivity index (χ1) is 12.0. The van der Waals surface area contributed by atoms with Crippen LogP contribution in [-0.4, -0.2) is 15.9 Å². The molecule has 0 aliphatic heterocycles. The van der Waals surface area contributed by atoms with Crippen LogP contribution < -0.4 is 10.6 Å². The molecule has 7 heteroatoms. The number of hydrogen-bond donors (Lipinski definition) is 2. The summed E-state index contributed by atoms with van der Waals surface area (Å²) >= 11 is 5.90. The van der Waals surface area contributed by atoms with Gasteiger partial charge in [-0.15, -0.1) is 0 Å². The third-order valence-corrected chi connectivity index (χ3v) is 3.65. The predicted octanol–water partition coefficient (Wildman–Crippen LogP) is 4.57. The van der Waals surface area contributed by atoms with Gasteiger partial charge in [-0.25, -0.2) is 14.4 Å². The number of amides is 1. The first-order valence-corrected chi connectivity index (χ1v) is 7.81. The van der Waals surface area contributed by atoms with Gasteiger partial charge in [0.05, 0.1) is 12.4 Å². The number of benzene rings is 2. The summed E-state index contributed by atoms with van der Waals surface area (Å²) in [4.78, 5) is 20.5. The van der Waals surface area contributed by atoms with Gasteiger partial charge in [0.25, 0.3) is 5.91 Å². The minimum Gasteiger partial charge on any atom is -0.339 e. The number of aryl methyl sites for hydroxylation is 1. The molecule has 3 aromatic rings. The van der Waals surface area contributed by atoms with E-state index in [4.69, 9.17) is 11.6 Å². The lowest BCUT2D eigenvalue weighted by Crippen LogP contribution is -2.15. The molecule has 0 aliphatic rings. The highest BCUT2D eigenvalue weighted by Crippen LogP contribution is 2.20. The van der Waals surface area contributed by atoms with E-state index in [2.05, 4.69) is 20.6 Å². The number of hydrogen-bond acceptors (Lipinski definition) is 4. The fourth-order valence-corrected chi connectivity index (χ4v) is 2.40. The van der Waals surface area contributed by atoms with E-state index >= 15 is 0 Å². The Morgan fingerprint density at radius 2 is 1.96 bits per heavy atom. The molecule has 0 fully saturated rings. The Morgan fingerprint density at radius 3 is 2.64 bits per heavy atom. The topological polar surface area (TPSA) is 66.9 Å². The molecule has 0 saturated heterocycles. The van der Waals surface area contributed by atoms with E-state index in [1.165, 1.54) is 24.5 Å². The fraction of sp³-hybridized carbons (Fsp3) is 0.0556. The molecular weight excluding hydrogens is 343 g/mol. The molecule has 0 bridgehead atoms. The molecule has 0 spiro atoms. The van der Waals surface area contributed by atoms with Crippen LogP contribution in [0.3, 0.4) is 0 Å². The Morgan fingerprint density at radius 1 is 1.12 bits per heavy atom. The quantitative estimate of drug-likeness (QED) is 0.718. The van der Waals surface area contributed by atoms with Gasteiger partial charge in [0.15, 0.2) is 0 Å². The second kappa shape index (κ2) is 7.27. The van der Waals surface area contributed by atoms with Gasteiger partial charge in [0.2, 0.25) is 0 Å². The maximum Gasteiger partial charge on any atom is 0.275 e. The molecule has 1 heterocycles. The minimum absolute atomic E-state index is 0.166. The molecule has 0 atom stereocenters. The number of nitrogens with zero attached hydrogens (tertiary/aromatic N) is 2. The third-order valence-electron chi connectivity index (χ3n) is 3.42. The molecule has 126 valence electrons. The van der Waals surface area contributed by atoms with Crippen LogP contribution in [0.1, 0.15) is 16.1 Å². The summed E-state index contributed by atoms with van der Waals surface area (Å²) < 4.78 is 13.2. The van der Waals surface area contributed by atoms with Crippen LogP contribution in [0.15, 0.2) is 54.9 Å². The van der Waals surface area contributed by atoms with Crippen LogP contribution in [-0.2, 0) is 0 Å². The van der Waals surface area contributed by atoms with Crippen molar-refractivity contribution in [1.82, 2.24) is 9.97 Å². The van der Waals surface area contributed by atoms with Crippen molar-refractivity contribution >= 4 is 34.7 Å².